The minimum Gasteiger partial charge on any atom is -0.477 e. The Hall–Kier alpha value is -0.850. The number of thiazole rings is 1. The summed E-state index contributed by atoms with van der Waals surface area (Å²) in [4.78, 5) is 19.8. The molecule has 0 aliphatic carbocycles. The van der Waals surface area contributed by atoms with Gasteiger partial charge in [0.1, 0.15) is 0 Å². The Morgan fingerprint density at radius 3 is 2.79 bits per heavy atom. The molecule has 0 aromatic carbocycles. The molecule has 0 spiro atoms. The third-order valence-corrected chi connectivity index (χ3v) is 5.02. The predicted octanol–water partition coefficient (Wildman–Crippen LogP) is 2.42. The molecule has 2 rings (SSSR count). The van der Waals surface area contributed by atoms with Crippen molar-refractivity contribution in [1.29, 1.82) is 0 Å². The van der Waals surface area contributed by atoms with E-state index in [9.17, 15) is 4.79 Å². The van der Waals surface area contributed by atoms with E-state index in [0.29, 0.717) is 6.04 Å². The molecule has 7 heteroatoms. The molecule has 0 bridgehead atoms. The van der Waals surface area contributed by atoms with E-state index < -0.39 is 5.97 Å². The molecule has 5 nitrogen and oxygen atoms in total. The van der Waals surface area contributed by atoms with Gasteiger partial charge in [-0.25, -0.2) is 9.78 Å². The first-order valence-corrected chi connectivity index (χ1v) is 7.64. The zero-order chi connectivity index (χ0) is 14.0. The van der Waals surface area contributed by atoms with E-state index in [-0.39, 0.29) is 10.0 Å². The van der Waals surface area contributed by atoms with Crippen LogP contribution in [0.3, 0.4) is 0 Å². The number of anilines is 1. The van der Waals surface area contributed by atoms with Gasteiger partial charge in [0.2, 0.25) is 0 Å². The molecule has 0 radical (unpaired) electrons. The monoisotopic (exact) mass is 303 g/mol. The van der Waals surface area contributed by atoms with E-state index in [0.717, 1.165) is 49.1 Å². The van der Waals surface area contributed by atoms with E-state index >= 15 is 0 Å². The van der Waals surface area contributed by atoms with Crippen molar-refractivity contribution in [1.82, 2.24) is 9.88 Å². The van der Waals surface area contributed by atoms with Gasteiger partial charge in [0.05, 0.1) is 0 Å². The van der Waals surface area contributed by atoms with E-state index in [1.807, 2.05) is 0 Å². The molecular weight excluding hydrogens is 286 g/mol. The number of carboxylic acid groups (broad SMARTS) is 1. The molecule has 2 heterocycles. The average Bonchev–Trinajstić information content (AvgIpc) is 2.97. The van der Waals surface area contributed by atoms with Crippen LogP contribution in [0.15, 0.2) is 0 Å². The first-order chi connectivity index (χ1) is 9.06. The minimum absolute atomic E-state index is 0.0961. The SMILES string of the molecule is CCN(CC)C1CCN(c2nc(Cl)c(C(=O)O)s2)C1. The highest BCUT2D eigenvalue weighted by atomic mass is 35.5. The maximum Gasteiger partial charge on any atom is 0.349 e. The Bertz CT molecular complexity index is 462. The number of hydrogen-bond acceptors (Lipinski definition) is 5. The van der Waals surface area contributed by atoms with Gasteiger partial charge in [-0.05, 0) is 19.5 Å². The van der Waals surface area contributed by atoms with Crippen molar-refractivity contribution in [3.05, 3.63) is 10.0 Å². The summed E-state index contributed by atoms with van der Waals surface area (Å²) in [6.07, 6.45) is 1.08. The summed E-state index contributed by atoms with van der Waals surface area (Å²) in [7, 11) is 0. The van der Waals surface area contributed by atoms with Crippen molar-refractivity contribution in [3.63, 3.8) is 0 Å². The fourth-order valence-electron chi connectivity index (χ4n) is 2.51. The third-order valence-electron chi connectivity index (χ3n) is 3.53. The molecule has 19 heavy (non-hydrogen) atoms. The Morgan fingerprint density at radius 1 is 1.58 bits per heavy atom. The number of rotatable bonds is 5. The van der Waals surface area contributed by atoms with E-state index in [2.05, 4.69) is 28.6 Å². The highest BCUT2D eigenvalue weighted by Gasteiger charge is 2.29. The summed E-state index contributed by atoms with van der Waals surface area (Å²) in [5, 5.41) is 9.81. The Balaban J connectivity index is 2.08. The number of aromatic nitrogens is 1. The van der Waals surface area contributed by atoms with E-state index in [4.69, 9.17) is 16.7 Å². The first-order valence-electron chi connectivity index (χ1n) is 6.45. The second-order valence-electron chi connectivity index (χ2n) is 4.53. The number of aromatic carboxylic acids is 1. The number of hydrogen-bond donors (Lipinski definition) is 1. The van der Waals surface area contributed by atoms with Crippen LogP contribution < -0.4 is 4.90 Å². The lowest BCUT2D eigenvalue weighted by Gasteiger charge is -2.25. The zero-order valence-corrected chi connectivity index (χ0v) is 12.7. The lowest BCUT2D eigenvalue weighted by molar-refractivity contribution is 0.0702. The normalized spacial score (nSPS) is 19.4. The van der Waals surface area contributed by atoms with Gasteiger partial charge in [0, 0.05) is 19.1 Å². The van der Waals surface area contributed by atoms with Crippen molar-refractivity contribution in [2.24, 2.45) is 0 Å². The fourth-order valence-corrected chi connectivity index (χ4v) is 3.67. The van der Waals surface area contributed by atoms with Crippen LogP contribution in [0, 0.1) is 0 Å². The van der Waals surface area contributed by atoms with E-state index in [1.54, 1.807) is 0 Å². The average molecular weight is 304 g/mol. The van der Waals surface area contributed by atoms with Crippen LogP contribution >= 0.6 is 22.9 Å². The molecule has 0 saturated carbocycles. The summed E-state index contributed by atoms with van der Waals surface area (Å²) in [5.41, 5.74) is 0. The van der Waals surface area contributed by atoms with Crippen molar-refractivity contribution in [2.45, 2.75) is 26.3 Å². The van der Waals surface area contributed by atoms with Crippen molar-refractivity contribution < 1.29 is 9.90 Å². The van der Waals surface area contributed by atoms with Crippen LogP contribution in [0.4, 0.5) is 5.13 Å². The van der Waals surface area contributed by atoms with Gasteiger partial charge in [0.25, 0.3) is 0 Å². The van der Waals surface area contributed by atoms with Gasteiger partial charge in [-0.1, -0.05) is 36.8 Å². The maximum atomic E-state index is 11.0. The number of halogens is 1. The highest BCUT2D eigenvalue weighted by molar-refractivity contribution is 7.18. The first kappa shape index (κ1) is 14.6. The topological polar surface area (TPSA) is 56.7 Å². The smallest absolute Gasteiger partial charge is 0.349 e. The van der Waals surface area contributed by atoms with Crippen LogP contribution in [0.2, 0.25) is 5.15 Å². The summed E-state index contributed by atoms with van der Waals surface area (Å²) < 4.78 is 0. The molecule has 1 fully saturated rings. The molecule has 1 atom stereocenters. The highest BCUT2D eigenvalue weighted by Crippen LogP contribution is 2.32. The standard InChI is InChI=1S/C12H18ClN3O2S/c1-3-15(4-2)8-5-6-16(7-8)12-14-10(13)9(19-12)11(17)18/h8H,3-7H2,1-2H3,(H,17,18). The maximum absolute atomic E-state index is 11.0. The lowest BCUT2D eigenvalue weighted by Crippen LogP contribution is -2.37. The lowest BCUT2D eigenvalue weighted by atomic mass is 10.2. The van der Waals surface area contributed by atoms with Crippen molar-refractivity contribution in [2.75, 3.05) is 31.1 Å². The van der Waals surface area contributed by atoms with E-state index in [1.165, 1.54) is 0 Å². The van der Waals surface area contributed by atoms with Crippen LogP contribution in [0.5, 0.6) is 0 Å². The second kappa shape index (κ2) is 6.07. The second-order valence-corrected chi connectivity index (χ2v) is 5.87. The molecule has 1 aromatic rings. The molecule has 106 valence electrons. The summed E-state index contributed by atoms with van der Waals surface area (Å²) in [6.45, 7) is 8.20. The molecule has 1 unspecified atom stereocenters. The van der Waals surface area contributed by atoms with Crippen LogP contribution in [0.25, 0.3) is 0 Å². The Kier molecular flexibility index (Phi) is 4.65. The predicted molar refractivity (Wildman–Crippen MR) is 77.6 cm³/mol. The molecule has 1 N–H and O–H groups in total. The van der Waals surface area contributed by atoms with Gasteiger partial charge >= 0.3 is 5.97 Å². The zero-order valence-electron chi connectivity index (χ0n) is 11.1. The Morgan fingerprint density at radius 2 is 2.26 bits per heavy atom. The van der Waals surface area contributed by atoms with Crippen molar-refractivity contribution in [3.8, 4) is 0 Å². The summed E-state index contributed by atoms with van der Waals surface area (Å²) >= 11 is 7.01. The molecule has 1 aromatic heterocycles. The Labute approximate surface area is 121 Å². The number of nitrogens with zero attached hydrogens (tertiary/aromatic N) is 3. The molecule has 1 saturated heterocycles. The summed E-state index contributed by atoms with van der Waals surface area (Å²) in [6, 6.07) is 0.519. The molecule has 1 aliphatic heterocycles. The quantitative estimate of drug-likeness (QED) is 0.905. The minimum atomic E-state index is -1.01. The molecular formula is C12H18ClN3O2S. The number of carbonyl (C=O) groups is 1. The summed E-state index contributed by atoms with van der Waals surface area (Å²) in [5.74, 6) is -1.01. The molecule has 0 amide bonds. The van der Waals surface area contributed by atoms with Crippen LogP contribution in [-0.2, 0) is 0 Å². The van der Waals surface area contributed by atoms with Crippen LogP contribution in [0.1, 0.15) is 29.9 Å². The van der Waals surface area contributed by atoms with Crippen LogP contribution in [-0.4, -0.2) is 53.2 Å². The van der Waals surface area contributed by atoms with Gasteiger partial charge in [-0.2, -0.15) is 0 Å². The van der Waals surface area contributed by atoms with Gasteiger partial charge < -0.3 is 10.0 Å². The number of carboxylic acids is 1. The van der Waals surface area contributed by atoms with Gasteiger partial charge in [-0.15, -0.1) is 0 Å². The van der Waals surface area contributed by atoms with Gasteiger partial charge in [-0.3, -0.25) is 4.90 Å². The number of likely N-dealkylation sites (N-methyl/N-ethyl adjacent to an activating group) is 1. The fraction of sp³-hybridized carbons (Fsp3) is 0.667. The third kappa shape index (κ3) is 3.01. The largest absolute Gasteiger partial charge is 0.477 e. The van der Waals surface area contributed by atoms with Crippen molar-refractivity contribution >= 4 is 34.0 Å². The van der Waals surface area contributed by atoms with Gasteiger partial charge in [0.15, 0.2) is 15.2 Å². The molecule has 1 aliphatic rings.